The topological polar surface area (TPSA) is 68.0 Å². The molecular formula is C16H15N3O2. The molecule has 5 nitrogen and oxygen atoms in total. The molecule has 0 aliphatic heterocycles. The van der Waals surface area contributed by atoms with E-state index in [1.165, 1.54) is 5.56 Å². The third-order valence-corrected chi connectivity index (χ3v) is 3.52. The Labute approximate surface area is 121 Å². The van der Waals surface area contributed by atoms with Gasteiger partial charge in [-0.3, -0.25) is 0 Å². The maximum Gasteiger partial charge on any atom is 0.338 e. The van der Waals surface area contributed by atoms with Crippen LogP contribution in [0.25, 0.3) is 11.0 Å². The largest absolute Gasteiger partial charge is 0.478 e. The second kappa shape index (κ2) is 5.36. The van der Waals surface area contributed by atoms with Gasteiger partial charge >= 0.3 is 5.97 Å². The Morgan fingerprint density at radius 3 is 2.67 bits per heavy atom. The van der Waals surface area contributed by atoms with Gasteiger partial charge in [0.2, 0.25) is 0 Å². The number of fused-ring (bicyclic) bond motifs is 1. The van der Waals surface area contributed by atoms with Crippen LogP contribution in [-0.4, -0.2) is 26.1 Å². The Balaban J connectivity index is 1.97. The van der Waals surface area contributed by atoms with Crippen molar-refractivity contribution in [1.82, 2.24) is 15.0 Å². The van der Waals surface area contributed by atoms with Gasteiger partial charge in [0, 0.05) is 0 Å². The molecule has 0 radical (unpaired) electrons. The first-order chi connectivity index (χ1) is 10.2. The number of nitrogens with zero attached hydrogens (tertiary/aromatic N) is 3. The van der Waals surface area contributed by atoms with Crippen molar-refractivity contribution in [2.24, 2.45) is 0 Å². The average Bonchev–Trinajstić information content (AvgIpc) is 2.92. The Hall–Kier alpha value is -2.69. The van der Waals surface area contributed by atoms with Crippen molar-refractivity contribution in [2.45, 2.75) is 19.4 Å². The standard InChI is InChI=1S/C16H15N3O2/c1-11(10-12-6-3-2-4-7-12)19-14-9-5-8-13(16(20)21)15(14)17-18-19/h2-9,11H,10H2,1H3,(H,20,21). The molecule has 0 saturated carbocycles. The second-order valence-corrected chi connectivity index (χ2v) is 5.05. The quantitative estimate of drug-likeness (QED) is 0.798. The zero-order valence-electron chi connectivity index (χ0n) is 11.6. The summed E-state index contributed by atoms with van der Waals surface area (Å²) in [5, 5.41) is 17.4. The molecule has 1 atom stereocenters. The van der Waals surface area contributed by atoms with Crippen LogP contribution >= 0.6 is 0 Å². The fraction of sp³-hybridized carbons (Fsp3) is 0.188. The SMILES string of the molecule is CC(Cc1ccccc1)n1nnc2c(C(=O)O)cccc21. The molecule has 1 aromatic heterocycles. The van der Waals surface area contributed by atoms with Crippen LogP contribution in [0.2, 0.25) is 0 Å². The van der Waals surface area contributed by atoms with E-state index in [2.05, 4.69) is 29.4 Å². The number of hydrogen-bond acceptors (Lipinski definition) is 3. The fourth-order valence-electron chi connectivity index (χ4n) is 2.50. The zero-order chi connectivity index (χ0) is 14.8. The molecule has 0 aliphatic carbocycles. The van der Waals surface area contributed by atoms with Gasteiger partial charge in [0.1, 0.15) is 5.52 Å². The molecule has 1 N–H and O–H groups in total. The minimum Gasteiger partial charge on any atom is -0.478 e. The van der Waals surface area contributed by atoms with Crippen molar-refractivity contribution in [3.63, 3.8) is 0 Å². The molecule has 0 aliphatic rings. The van der Waals surface area contributed by atoms with E-state index in [0.717, 1.165) is 11.9 Å². The predicted octanol–water partition coefficient (Wildman–Crippen LogP) is 2.93. The van der Waals surface area contributed by atoms with Gasteiger partial charge in [-0.2, -0.15) is 0 Å². The van der Waals surface area contributed by atoms with Crippen LogP contribution in [0.4, 0.5) is 0 Å². The molecular weight excluding hydrogens is 266 g/mol. The summed E-state index contributed by atoms with van der Waals surface area (Å²) >= 11 is 0. The Bertz CT molecular complexity index is 781. The number of aromatic nitrogens is 3. The normalized spacial score (nSPS) is 12.4. The van der Waals surface area contributed by atoms with Crippen molar-refractivity contribution in [2.75, 3.05) is 0 Å². The minimum atomic E-state index is -0.983. The second-order valence-electron chi connectivity index (χ2n) is 5.05. The van der Waals surface area contributed by atoms with Gasteiger partial charge in [-0.1, -0.05) is 41.6 Å². The number of carbonyl (C=O) groups is 1. The van der Waals surface area contributed by atoms with Gasteiger partial charge in [-0.05, 0) is 31.0 Å². The van der Waals surface area contributed by atoms with Crippen LogP contribution < -0.4 is 0 Å². The molecule has 3 rings (SSSR count). The highest BCUT2D eigenvalue weighted by atomic mass is 16.4. The van der Waals surface area contributed by atoms with Crippen LogP contribution in [-0.2, 0) is 6.42 Å². The molecule has 0 saturated heterocycles. The third kappa shape index (κ3) is 2.50. The highest BCUT2D eigenvalue weighted by Crippen LogP contribution is 2.21. The number of benzene rings is 2. The summed E-state index contributed by atoms with van der Waals surface area (Å²) in [6.07, 6.45) is 0.816. The van der Waals surface area contributed by atoms with Crippen molar-refractivity contribution in [3.05, 3.63) is 59.7 Å². The number of rotatable bonds is 4. The van der Waals surface area contributed by atoms with E-state index in [0.29, 0.717) is 5.52 Å². The molecule has 0 fully saturated rings. The van der Waals surface area contributed by atoms with Crippen molar-refractivity contribution < 1.29 is 9.90 Å². The summed E-state index contributed by atoms with van der Waals surface area (Å²) < 4.78 is 1.79. The molecule has 2 aromatic carbocycles. The van der Waals surface area contributed by atoms with Crippen molar-refractivity contribution >= 4 is 17.0 Å². The average molecular weight is 281 g/mol. The third-order valence-electron chi connectivity index (χ3n) is 3.52. The molecule has 0 amide bonds. The van der Waals surface area contributed by atoms with Crippen molar-refractivity contribution in [1.29, 1.82) is 0 Å². The van der Waals surface area contributed by atoms with Gasteiger partial charge < -0.3 is 5.11 Å². The number of aromatic carboxylic acids is 1. The van der Waals surface area contributed by atoms with Crippen LogP contribution in [0.15, 0.2) is 48.5 Å². The first-order valence-corrected chi connectivity index (χ1v) is 6.78. The molecule has 5 heteroatoms. The maximum atomic E-state index is 11.2. The summed E-state index contributed by atoms with van der Waals surface area (Å²) in [6, 6.07) is 15.3. The molecule has 21 heavy (non-hydrogen) atoms. The molecule has 1 unspecified atom stereocenters. The van der Waals surface area contributed by atoms with Gasteiger partial charge in [-0.15, -0.1) is 5.10 Å². The lowest BCUT2D eigenvalue weighted by atomic mass is 10.1. The lowest BCUT2D eigenvalue weighted by molar-refractivity contribution is 0.0699. The fourth-order valence-corrected chi connectivity index (χ4v) is 2.50. The molecule has 106 valence electrons. The summed E-state index contributed by atoms with van der Waals surface area (Å²) in [6.45, 7) is 2.05. The highest BCUT2D eigenvalue weighted by molar-refractivity contribution is 6.00. The summed E-state index contributed by atoms with van der Waals surface area (Å²) in [7, 11) is 0. The van der Waals surface area contributed by atoms with E-state index in [1.807, 2.05) is 24.3 Å². The van der Waals surface area contributed by atoms with Crippen LogP contribution in [0.5, 0.6) is 0 Å². The van der Waals surface area contributed by atoms with E-state index in [-0.39, 0.29) is 11.6 Å². The number of carboxylic acids is 1. The van der Waals surface area contributed by atoms with E-state index in [9.17, 15) is 9.90 Å². The Kier molecular flexibility index (Phi) is 3.39. The lowest BCUT2D eigenvalue weighted by Gasteiger charge is -2.12. The predicted molar refractivity (Wildman–Crippen MR) is 79.3 cm³/mol. The smallest absolute Gasteiger partial charge is 0.338 e. The maximum absolute atomic E-state index is 11.2. The summed E-state index contributed by atoms with van der Waals surface area (Å²) in [4.78, 5) is 11.2. The van der Waals surface area contributed by atoms with Gasteiger partial charge in [-0.25, -0.2) is 9.48 Å². The van der Waals surface area contributed by atoms with Gasteiger partial charge in [0.25, 0.3) is 0 Å². The van der Waals surface area contributed by atoms with Crippen LogP contribution in [0.3, 0.4) is 0 Å². The van der Waals surface area contributed by atoms with Gasteiger partial charge in [0.05, 0.1) is 17.1 Å². The van der Waals surface area contributed by atoms with E-state index >= 15 is 0 Å². The molecule has 1 heterocycles. The minimum absolute atomic E-state index is 0.0986. The number of hydrogen-bond donors (Lipinski definition) is 1. The highest BCUT2D eigenvalue weighted by Gasteiger charge is 2.16. The molecule has 0 bridgehead atoms. The van der Waals surface area contributed by atoms with Gasteiger partial charge in [0.15, 0.2) is 0 Å². The summed E-state index contributed by atoms with van der Waals surface area (Å²) in [5.41, 5.74) is 2.58. The number of carboxylic acid groups (broad SMARTS) is 1. The first-order valence-electron chi connectivity index (χ1n) is 6.78. The lowest BCUT2D eigenvalue weighted by Crippen LogP contribution is -2.10. The van der Waals surface area contributed by atoms with Crippen LogP contribution in [0.1, 0.15) is 28.9 Å². The molecule has 0 spiro atoms. The van der Waals surface area contributed by atoms with E-state index in [1.54, 1.807) is 16.8 Å². The first kappa shape index (κ1) is 13.3. The van der Waals surface area contributed by atoms with E-state index < -0.39 is 5.97 Å². The van der Waals surface area contributed by atoms with Crippen LogP contribution in [0, 0.1) is 0 Å². The Morgan fingerprint density at radius 2 is 1.95 bits per heavy atom. The monoisotopic (exact) mass is 281 g/mol. The zero-order valence-corrected chi connectivity index (χ0v) is 11.6. The Morgan fingerprint density at radius 1 is 1.19 bits per heavy atom. The summed E-state index contributed by atoms with van der Waals surface area (Å²) in [5.74, 6) is -0.983. The molecule has 3 aromatic rings. The van der Waals surface area contributed by atoms with Crippen molar-refractivity contribution in [3.8, 4) is 0 Å². The van der Waals surface area contributed by atoms with E-state index in [4.69, 9.17) is 0 Å².